The van der Waals surface area contributed by atoms with E-state index in [1.807, 2.05) is 30.1 Å². The zero-order valence-electron chi connectivity index (χ0n) is 18.4. The van der Waals surface area contributed by atoms with E-state index < -0.39 is 0 Å². The molecule has 1 aromatic heterocycles. The highest BCUT2D eigenvalue weighted by Crippen LogP contribution is 2.28. The minimum Gasteiger partial charge on any atom is -0.493 e. The first-order chi connectivity index (χ1) is 14.1. The second kappa shape index (κ2) is 12.0. The lowest BCUT2D eigenvalue weighted by molar-refractivity contribution is 0.354. The molecule has 1 unspecified atom stereocenters. The third-order valence-corrected chi connectivity index (χ3v) is 5.35. The normalized spacial score (nSPS) is 16.3. The lowest BCUT2D eigenvalue weighted by atomic mass is 10.0. The number of rotatable bonds is 8. The van der Waals surface area contributed by atoms with Crippen LogP contribution in [0, 0.1) is 0 Å². The molecule has 0 bridgehead atoms. The van der Waals surface area contributed by atoms with Crippen LogP contribution in [0.1, 0.15) is 36.8 Å². The summed E-state index contributed by atoms with van der Waals surface area (Å²) in [5.41, 5.74) is 2.56. The van der Waals surface area contributed by atoms with Gasteiger partial charge in [-0.15, -0.1) is 24.0 Å². The summed E-state index contributed by atoms with van der Waals surface area (Å²) < 4.78 is 12.6. The molecule has 1 atom stereocenters. The van der Waals surface area contributed by atoms with Gasteiger partial charge in [-0.2, -0.15) is 5.10 Å². The predicted molar refractivity (Wildman–Crippen MR) is 131 cm³/mol. The Morgan fingerprint density at radius 2 is 2.07 bits per heavy atom. The van der Waals surface area contributed by atoms with Crippen LogP contribution in [-0.2, 0) is 13.5 Å². The summed E-state index contributed by atoms with van der Waals surface area (Å²) in [7, 11) is 5.30. The lowest BCUT2D eigenvalue weighted by Gasteiger charge is -2.21. The number of nitrogens with one attached hydrogen (secondary N) is 1. The van der Waals surface area contributed by atoms with Crippen molar-refractivity contribution in [2.24, 2.45) is 12.0 Å². The van der Waals surface area contributed by atoms with Gasteiger partial charge >= 0.3 is 0 Å². The number of methoxy groups -OCH3 is 2. The van der Waals surface area contributed by atoms with Gasteiger partial charge in [0.2, 0.25) is 0 Å². The second-order valence-corrected chi connectivity index (χ2v) is 7.41. The van der Waals surface area contributed by atoms with E-state index in [0.29, 0.717) is 5.92 Å². The van der Waals surface area contributed by atoms with Crippen LogP contribution in [0.5, 0.6) is 11.5 Å². The molecule has 1 aliphatic heterocycles. The molecule has 0 aliphatic carbocycles. The van der Waals surface area contributed by atoms with Crippen molar-refractivity contribution in [1.29, 1.82) is 0 Å². The Hall–Kier alpha value is -1.97. The third-order valence-electron chi connectivity index (χ3n) is 5.35. The van der Waals surface area contributed by atoms with Crippen molar-refractivity contribution in [3.63, 3.8) is 0 Å². The Balaban J connectivity index is 0.00000320. The maximum atomic E-state index is 5.39. The first kappa shape index (κ1) is 24.3. The monoisotopic (exact) mass is 527 g/mol. The van der Waals surface area contributed by atoms with Crippen LogP contribution in [0.3, 0.4) is 0 Å². The Morgan fingerprint density at radius 1 is 1.27 bits per heavy atom. The van der Waals surface area contributed by atoms with Gasteiger partial charge in [0, 0.05) is 45.3 Å². The molecule has 1 N–H and O–H groups in total. The van der Waals surface area contributed by atoms with Gasteiger partial charge in [-0.3, -0.25) is 9.67 Å². The van der Waals surface area contributed by atoms with Crippen molar-refractivity contribution in [2.45, 2.75) is 32.1 Å². The smallest absolute Gasteiger partial charge is 0.193 e. The van der Waals surface area contributed by atoms with Gasteiger partial charge in [0.05, 0.1) is 20.4 Å². The van der Waals surface area contributed by atoms with Crippen LogP contribution < -0.4 is 14.8 Å². The maximum absolute atomic E-state index is 5.39. The predicted octanol–water partition coefficient (Wildman–Crippen LogP) is 3.44. The average molecular weight is 527 g/mol. The molecule has 1 aromatic carbocycles. The Morgan fingerprint density at radius 3 is 2.73 bits per heavy atom. The third kappa shape index (κ3) is 6.26. The average Bonchev–Trinajstić information content (AvgIpc) is 3.39. The van der Waals surface area contributed by atoms with Crippen molar-refractivity contribution in [2.75, 3.05) is 40.4 Å². The summed E-state index contributed by atoms with van der Waals surface area (Å²) in [6, 6.07) is 6.10. The Kier molecular flexibility index (Phi) is 9.74. The van der Waals surface area contributed by atoms with Gasteiger partial charge in [-0.1, -0.05) is 6.07 Å². The molecule has 0 saturated carbocycles. The van der Waals surface area contributed by atoms with E-state index >= 15 is 0 Å². The highest BCUT2D eigenvalue weighted by atomic mass is 127. The molecule has 8 heteroatoms. The highest BCUT2D eigenvalue weighted by Gasteiger charge is 2.26. The molecule has 2 aromatic rings. The van der Waals surface area contributed by atoms with Crippen molar-refractivity contribution in [3.05, 3.63) is 41.7 Å². The molecule has 0 amide bonds. The molecule has 2 heterocycles. The van der Waals surface area contributed by atoms with Gasteiger partial charge in [0.15, 0.2) is 17.5 Å². The number of likely N-dealkylation sites (tertiary alicyclic amines) is 1. The van der Waals surface area contributed by atoms with E-state index in [2.05, 4.69) is 34.5 Å². The zero-order chi connectivity index (χ0) is 20.6. The van der Waals surface area contributed by atoms with Crippen molar-refractivity contribution >= 4 is 29.9 Å². The quantitative estimate of drug-likeness (QED) is 0.247. The summed E-state index contributed by atoms with van der Waals surface area (Å²) in [6.45, 7) is 5.81. The van der Waals surface area contributed by atoms with E-state index in [1.165, 1.54) is 11.1 Å². The van der Waals surface area contributed by atoms with Gasteiger partial charge in [-0.25, -0.2) is 0 Å². The van der Waals surface area contributed by atoms with Crippen LogP contribution in [0.4, 0.5) is 0 Å². The summed E-state index contributed by atoms with van der Waals surface area (Å²) >= 11 is 0. The molecule has 0 spiro atoms. The fourth-order valence-corrected chi connectivity index (χ4v) is 3.81. The number of aryl methyl sites for hydroxylation is 2. The largest absolute Gasteiger partial charge is 0.493 e. The molecular formula is C22H34IN5O2. The minimum absolute atomic E-state index is 0. The van der Waals surface area contributed by atoms with Crippen LogP contribution in [-0.4, -0.2) is 61.0 Å². The first-order valence-corrected chi connectivity index (χ1v) is 10.4. The Bertz CT molecular complexity index is 824. The van der Waals surface area contributed by atoms with E-state index in [0.717, 1.165) is 62.9 Å². The summed E-state index contributed by atoms with van der Waals surface area (Å²) in [4.78, 5) is 7.25. The topological polar surface area (TPSA) is 63.9 Å². The van der Waals surface area contributed by atoms with Crippen LogP contribution >= 0.6 is 24.0 Å². The van der Waals surface area contributed by atoms with Gasteiger partial charge in [0.25, 0.3) is 0 Å². The number of halogens is 1. The summed E-state index contributed by atoms with van der Waals surface area (Å²) in [5, 5.41) is 7.77. The number of nitrogens with zero attached hydrogens (tertiary/aromatic N) is 4. The molecule has 1 saturated heterocycles. The molecule has 166 valence electrons. The van der Waals surface area contributed by atoms with Gasteiger partial charge in [0.1, 0.15) is 0 Å². The van der Waals surface area contributed by atoms with E-state index in [1.54, 1.807) is 14.2 Å². The number of ether oxygens (including phenoxy) is 2. The molecule has 1 fully saturated rings. The summed E-state index contributed by atoms with van der Waals surface area (Å²) in [6.07, 6.45) is 7.20. The van der Waals surface area contributed by atoms with Gasteiger partial charge in [-0.05, 0) is 49.4 Å². The molecule has 30 heavy (non-hydrogen) atoms. The van der Waals surface area contributed by atoms with E-state index in [9.17, 15) is 0 Å². The van der Waals surface area contributed by atoms with E-state index in [-0.39, 0.29) is 24.0 Å². The standard InChI is InChI=1S/C22H33N5O2.HI/c1-5-23-22(27-12-10-18(16-27)19-14-25-26(2)15-19)24-11-6-7-17-8-9-20(28-3)21(13-17)29-4;/h8-9,13-15,18H,5-7,10-12,16H2,1-4H3,(H,23,24);1H. The second-order valence-electron chi connectivity index (χ2n) is 7.41. The minimum atomic E-state index is 0. The molecular weight excluding hydrogens is 493 g/mol. The fourth-order valence-electron chi connectivity index (χ4n) is 3.81. The van der Waals surface area contributed by atoms with Crippen LogP contribution in [0.25, 0.3) is 0 Å². The van der Waals surface area contributed by atoms with Crippen molar-refractivity contribution in [1.82, 2.24) is 20.0 Å². The van der Waals surface area contributed by atoms with Crippen LogP contribution in [0.15, 0.2) is 35.6 Å². The zero-order valence-corrected chi connectivity index (χ0v) is 20.8. The lowest BCUT2D eigenvalue weighted by Crippen LogP contribution is -2.40. The van der Waals surface area contributed by atoms with Crippen LogP contribution in [0.2, 0.25) is 0 Å². The highest BCUT2D eigenvalue weighted by molar-refractivity contribution is 14.0. The SMILES string of the molecule is CCNC(=NCCCc1ccc(OC)c(OC)c1)N1CCC(c2cnn(C)c2)C1.I. The van der Waals surface area contributed by atoms with Crippen molar-refractivity contribution < 1.29 is 9.47 Å². The number of hydrogen-bond donors (Lipinski definition) is 1. The number of guanidine groups is 1. The Labute approximate surface area is 196 Å². The fraction of sp³-hybridized carbons (Fsp3) is 0.545. The first-order valence-electron chi connectivity index (χ1n) is 10.4. The molecule has 3 rings (SSSR count). The van der Waals surface area contributed by atoms with E-state index in [4.69, 9.17) is 14.5 Å². The van der Waals surface area contributed by atoms with Crippen molar-refractivity contribution in [3.8, 4) is 11.5 Å². The number of aromatic nitrogens is 2. The number of hydrogen-bond acceptors (Lipinski definition) is 4. The number of aliphatic imine (C=N–C) groups is 1. The van der Waals surface area contributed by atoms with Gasteiger partial charge < -0.3 is 19.7 Å². The summed E-state index contributed by atoms with van der Waals surface area (Å²) in [5.74, 6) is 3.09. The number of benzene rings is 1. The molecule has 1 aliphatic rings. The molecule has 7 nitrogen and oxygen atoms in total. The maximum Gasteiger partial charge on any atom is 0.193 e. The molecule has 0 radical (unpaired) electrons.